The van der Waals surface area contributed by atoms with Crippen molar-refractivity contribution in [2.24, 2.45) is 5.73 Å². The molecule has 0 fully saturated rings. The first kappa shape index (κ1) is 13.8. The molecule has 0 unspecified atom stereocenters. The number of ether oxygens (including phenoxy) is 1. The summed E-state index contributed by atoms with van der Waals surface area (Å²) in [4.78, 5) is 0. The molecule has 0 amide bonds. The van der Waals surface area contributed by atoms with Gasteiger partial charge < -0.3 is 10.5 Å². The highest BCUT2D eigenvalue weighted by Crippen LogP contribution is 2.31. The van der Waals surface area contributed by atoms with Crippen LogP contribution < -0.4 is 10.5 Å². The lowest BCUT2D eigenvalue weighted by molar-refractivity contribution is 0.441. The van der Waals surface area contributed by atoms with Crippen molar-refractivity contribution in [1.29, 1.82) is 5.41 Å². The molecule has 2 aromatic rings. The van der Waals surface area contributed by atoms with Gasteiger partial charge in [0.05, 0.1) is 5.56 Å². The SMILES string of the molecule is N=C(N)c1ccc(Cl)cc1Oc1cc(Br)ccc1F. The maximum atomic E-state index is 13.6. The summed E-state index contributed by atoms with van der Waals surface area (Å²) >= 11 is 9.10. The minimum absolute atomic E-state index is 0.0270. The van der Waals surface area contributed by atoms with Crippen LogP contribution in [0.2, 0.25) is 5.02 Å². The normalized spacial score (nSPS) is 10.3. The maximum absolute atomic E-state index is 13.6. The summed E-state index contributed by atoms with van der Waals surface area (Å²) in [7, 11) is 0. The summed E-state index contributed by atoms with van der Waals surface area (Å²) < 4.78 is 19.8. The maximum Gasteiger partial charge on any atom is 0.165 e. The van der Waals surface area contributed by atoms with E-state index >= 15 is 0 Å². The molecule has 98 valence electrons. The van der Waals surface area contributed by atoms with Crippen molar-refractivity contribution in [2.45, 2.75) is 0 Å². The Morgan fingerprint density at radius 2 is 1.95 bits per heavy atom. The van der Waals surface area contributed by atoms with Gasteiger partial charge >= 0.3 is 0 Å². The Bertz CT molecular complexity index is 649. The molecule has 3 N–H and O–H groups in total. The Hall–Kier alpha value is -1.59. The van der Waals surface area contributed by atoms with Crippen LogP contribution in [0.5, 0.6) is 11.5 Å². The van der Waals surface area contributed by atoms with Gasteiger partial charge in [0, 0.05) is 15.6 Å². The molecule has 0 aromatic heterocycles. The van der Waals surface area contributed by atoms with Crippen LogP contribution >= 0.6 is 27.5 Å². The fourth-order valence-corrected chi connectivity index (χ4v) is 1.98. The van der Waals surface area contributed by atoms with Crippen LogP contribution in [0.4, 0.5) is 4.39 Å². The van der Waals surface area contributed by atoms with Gasteiger partial charge in [0.15, 0.2) is 11.6 Å². The van der Waals surface area contributed by atoms with Gasteiger partial charge in [-0.2, -0.15) is 0 Å². The number of nitrogens with two attached hydrogens (primary N) is 1. The van der Waals surface area contributed by atoms with Gasteiger partial charge in [-0.25, -0.2) is 4.39 Å². The number of benzene rings is 2. The third-order valence-electron chi connectivity index (χ3n) is 2.35. The molecule has 0 bridgehead atoms. The molecule has 0 spiro atoms. The second-order valence-corrected chi connectivity index (χ2v) is 5.08. The first-order chi connectivity index (χ1) is 8.97. The average molecular weight is 344 g/mol. The van der Waals surface area contributed by atoms with E-state index in [4.69, 9.17) is 27.5 Å². The van der Waals surface area contributed by atoms with E-state index in [1.807, 2.05) is 0 Å². The van der Waals surface area contributed by atoms with E-state index in [0.717, 1.165) is 0 Å². The molecule has 0 aliphatic carbocycles. The van der Waals surface area contributed by atoms with Crippen LogP contribution in [0.25, 0.3) is 0 Å². The number of hydrogen-bond acceptors (Lipinski definition) is 2. The molecule has 2 rings (SSSR count). The van der Waals surface area contributed by atoms with E-state index in [1.165, 1.54) is 18.2 Å². The van der Waals surface area contributed by atoms with Gasteiger partial charge in [-0.15, -0.1) is 0 Å². The number of nitrogen functional groups attached to an aromatic ring is 1. The van der Waals surface area contributed by atoms with E-state index < -0.39 is 5.82 Å². The van der Waals surface area contributed by atoms with Crippen molar-refractivity contribution in [1.82, 2.24) is 0 Å². The highest BCUT2D eigenvalue weighted by Gasteiger charge is 2.11. The van der Waals surface area contributed by atoms with Crippen LogP contribution in [0.1, 0.15) is 5.56 Å². The van der Waals surface area contributed by atoms with E-state index in [-0.39, 0.29) is 17.3 Å². The van der Waals surface area contributed by atoms with Crippen molar-refractivity contribution < 1.29 is 9.13 Å². The van der Waals surface area contributed by atoms with Crippen molar-refractivity contribution in [3.63, 3.8) is 0 Å². The fourth-order valence-electron chi connectivity index (χ4n) is 1.48. The molecule has 0 radical (unpaired) electrons. The van der Waals surface area contributed by atoms with Crippen LogP contribution in [0.3, 0.4) is 0 Å². The van der Waals surface area contributed by atoms with Gasteiger partial charge in [-0.3, -0.25) is 5.41 Å². The quantitative estimate of drug-likeness (QED) is 0.644. The lowest BCUT2D eigenvalue weighted by Gasteiger charge is -2.11. The molecule has 0 atom stereocenters. The molecule has 19 heavy (non-hydrogen) atoms. The molecule has 3 nitrogen and oxygen atoms in total. The minimum Gasteiger partial charge on any atom is -0.453 e. The Kier molecular flexibility index (Phi) is 4.07. The summed E-state index contributed by atoms with van der Waals surface area (Å²) in [5, 5.41) is 7.87. The Labute approximate surface area is 122 Å². The van der Waals surface area contributed by atoms with Crippen molar-refractivity contribution in [3.8, 4) is 11.5 Å². The lowest BCUT2D eigenvalue weighted by atomic mass is 10.2. The zero-order valence-corrected chi connectivity index (χ0v) is 11.9. The topological polar surface area (TPSA) is 59.1 Å². The number of hydrogen-bond donors (Lipinski definition) is 2. The summed E-state index contributed by atoms with van der Waals surface area (Å²) in [5.41, 5.74) is 5.79. The summed E-state index contributed by atoms with van der Waals surface area (Å²) in [6, 6.07) is 8.94. The standard InChI is InChI=1S/C13H9BrClFN2O/c14-7-1-4-10(16)12(5-7)19-11-6-8(15)2-3-9(11)13(17)18/h1-6H,(H3,17,18). The predicted octanol–water partition coefficient (Wildman–Crippen LogP) is 4.32. The first-order valence-electron chi connectivity index (χ1n) is 5.24. The van der Waals surface area contributed by atoms with Crippen LogP contribution in [0, 0.1) is 11.2 Å². The second-order valence-electron chi connectivity index (χ2n) is 3.73. The van der Waals surface area contributed by atoms with Gasteiger partial charge in [0.1, 0.15) is 11.6 Å². The molecule has 0 aliphatic heterocycles. The van der Waals surface area contributed by atoms with E-state index in [0.29, 0.717) is 15.1 Å². The number of amidine groups is 1. The number of rotatable bonds is 3. The summed E-state index contributed by atoms with van der Waals surface area (Å²) in [6.45, 7) is 0. The molecular weight excluding hydrogens is 335 g/mol. The molecular formula is C13H9BrClFN2O. The summed E-state index contributed by atoms with van der Waals surface area (Å²) in [5.74, 6) is -0.434. The van der Waals surface area contributed by atoms with E-state index in [1.54, 1.807) is 18.2 Å². The second kappa shape index (κ2) is 5.59. The predicted molar refractivity (Wildman–Crippen MR) is 76.6 cm³/mol. The highest BCUT2D eigenvalue weighted by molar-refractivity contribution is 9.10. The Balaban J connectivity index is 2.45. The molecule has 0 saturated heterocycles. The fraction of sp³-hybridized carbons (Fsp3) is 0. The van der Waals surface area contributed by atoms with E-state index in [9.17, 15) is 4.39 Å². The van der Waals surface area contributed by atoms with Crippen molar-refractivity contribution >= 4 is 33.4 Å². The van der Waals surface area contributed by atoms with Gasteiger partial charge in [0.25, 0.3) is 0 Å². The van der Waals surface area contributed by atoms with Gasteiger partial charge in [0.2, 0.25) is 0 Å². The van der Waals surface area contributed by atoms with Crippen LogP contribution in [0.15, 0.2) is 40.9 Å². The molecule has 0 heterocycles. The number of halogens is 3. The minimum atomic E-state index is -0.516. The van der Waals surface area contributed by atoms with Gasteiger partial charge in [-0.1, -0.05) is 27.5 Å². The molecule has 0 aliphatic rings. The Morgan fingerprint density at radius 1 is 1.21 bits per heavy atom. The van der Waals surface area contributed by atoms with Crippen molar-refractivity contribution in [3.05, 3.63) is 57.3 Å². The first-order valence-corrected chi connectivity index (χ1v) is 6.41. The van der Waals surface area contributed by atoms with Gasteiger partial charge in [-0.05, 0) is 30.3 Å². The average Bonchev–Trinajstić information content (AvgIpc) is 2.33. The molecule has 6 heteroatoms. The third-order valence-corrected chi connectivity index (χ3v) is 3.08. The third kappa shape index (κ3) is 3.24. The van der Waals surface area contributed by atoms with Crippen LogP contribution in [-0.2, 0) is 0 Å². The van der Waals surface area contributed by atoms with Crippen molar-refractivity contribution in [2.75, 3.05) is 0 Å². The smallest absolute Gasteiger partial charge is 0.165 e. The Morgan fingerprint density at radius 3 is 2.63 bits per heavy atom. The lowest BCUT2D eigenvalue weighted by Crippen LogP contribution is -2.12. The number of nitrogens with one attached hydrogen (secondary N) is 1. The summed E-state index contributed by atoms with van der Waals surface area (Å²) in [6.07, 6.45) is 0. The molecule has 2 aromatic carbocycles. The highest BCUT2D eigenvalue weighted by atomic mass is 79.9. The van der Waals surface area contributed by atoms with E-state index in [2.05, 4.69) is 15.9 Å². The molecule has 0 saturated carbocycles. The zero-order chi connectivity index (χ0) is 14.0. The zero-order valence-electron chi connectivity index (χ0n) is 9.58. The largest absolute Gasteiger partial charge is 0.453 e. The van der Waals surface area contributed by atoms with Crippen LogP contribution in [-0.4, -0.2) is 5.84 Å². The monoisotopic (exact) mass is 342 g/mol.